The van der Waals surface area contributed by atoms with Gasteiger partial charge in [0, 0.05) is 0 Å². The summed E-state index contributed by atoms with van der Waals surface area (Å²) in [5.74, 6) is 0.174. The predicted octanol–water partition coefficient (Wildman–Crippen LogP) is 2.79. The van der Waals surface area contributed by atoms with Crippen LogP contribution in [0, 0.1) is 0 Å². The molecule has 0 N–H and O–H groups in total. The van der Waals surface area contributed by atoms with Crippen molar-refractivity contribution in [1.82, 2.24) is 4.98 Å². The Kier molecular flexibility index (Phi) is 2.97. The molecule has 5 heteroatoms. The summed E-state index contributed by atoms with van der Waals surface area (Å²) in [6, 6.07) is 2.73. The van der Waals surface area contributed by atoms with Crippen LogP contribution in [0.4, 0.5) is 8.78 Å². The van der Waals surface area contributed by atoms with Crippen LogP contribution in [-0.2, 0) is 0 Å². The van der Waals surface area contributed by atoms with E-state index in [2.05, 4.69) is 20.9 Å². The number of hydrogen-bond donors (Lipinski definition) is 0. The van der Waals surface area contributed by atoms with Crippen molar-refractivity contribution >= 4 is 15.9 Å². The molecule has 0 unspecified atom stereocenters. The number of alkyl halides is 2. The number of hydrogen-bond acceptors (Lipinski definition) is 2. The van der Waals surface area contributed by atoms with Crippen molar-refractivity contribution in [2.75, 3.05) is 7.11 Å². The minimum absolute atomic E-state index is 0.174. The first-order valence-electron chi connectivity index (χ1n) is 3.13. The quantitative estimate of drug-likeness (QED) is 0.790. The van der Waals surface area contributed by atoms with E-state index in [0.717, 1.165) is 0 Å². The van der Waals surface area contributed by atoms with Gasteiger partial charge in [-0.2, -0.15) is 0 Å². The predicted molar refractivity (Wildman–Crippen MR) is 43.4 cm³/mol. The first kappa shape index (κ1) is 9.38. The van der Waals surface area contributed by atoms with E-state index in [4.69, 9.17) is 4.74 Å². The second-order valence-corrected chi connectivity index (χ2v) is 2.88. The van der Waals surface area contributed by atoms with Crippen molar-refractivity contribution in [1.29, 1.82) is 0 Å². The van der Waals surface area contributed by atoms with Gasteiger partial charge in [0.05, 0.1) is 11.6 Å². The van der Waals surface area contributed by atoms with Gasteiger partial charge in [-0.15, -0.1) is 0 Å². The van der Waals surface area contributed by atoms with Crippen LogP contribution in [0.25, 0.3) is 0 Å². The van der Waals surface area contributed by atoms with Crippen LogP contribution >= 0.6 is 15.9 Å². The van der Waals surface area contributed by atoms with Gasteiger partial charge in [0.2, 0.25) is 5.88 Å². The highest BCUT2D eigenvalue weighted by Crippen LogP contribution is 2.25. The van der Waals surface area contributed by atoms with Gasteiger partial charge >= 0.3 is 0 Å². The van der Waals surface area contributed by atoms with E-state index in [-0.39, 0.29) is 11.6 Å². The van der Waals surface area contributed by atoms with Crippen LogP contribution in [-0.4, -0.2) is 12.1 Å². The van der Waals surface area contributed by atoms with E-state index in [1.165, 1.54) is 19.2 Å². The maximum Gasteiger partial charge on any atom is 0.280 e. The summed E-state index contributed by atoms with van der Waals surface area (Å²) < 4.78 is 29.5. The van der Waals surface area contributed by atoms with Crippen LogP contribution in [0.2, 0.25) is 0 Å². The maximum absolute atomic E-state index is 12.1. The molecule has 2 nitrogen and oxygen atoms in total. The fourth-order valence-corrected chi connectivity index (χ4v) is 1.09. The van der Waals surface area contributed by atoms with E-state index in [1.54, 1.807) is 0 Å². The molecule has 0 saturated heterocycles. The first-order valence-corrected chi connectivity index (χ1v) is 3.93. The Hall–Kier alpha value is -0.710. The molecule has 0 saturated carbocycles. The van der Waals surface area contributed by atoms with Gasteiger partial charge in [-0.05, 0) is 28.1 Å². The van der Waals surface area contributed by atoms with Gasteiger partial charge in [-0.25, -0.2) is 13.8 Å². The zero-order valence-electron chi connectivity index (χ0n) is 6.22. The SMILES string of the molecule is COc1nc(C(F)F)ccc1Br. The summed E-state index contributed by atoms with van der Waals surface area (Å²) in [7, 11) is 1.38. The molecule has 66 valence electrons. The molecule has 0 amide bonds. The summed E-state index contributed by atoms with van der Waals surface area (Å²) in [6.45, 7) is 0. The number of pyridine rings is 1. The molecule has 12 heavy (non-hydrogen) atoms. The molecular weight excluding hydrogens is 232 g/mol. The van der Waals surface area contributed by atoms with Crippen LogP contribution < -0.4 is 4.74 Å². The van der Waals surface area contributed by atoms with Crippen LogP contribution in [0.3, 0.4) is 0 Å². The summed E-state index contributed by atoms with van der Waals surface area (Å²) in [5.41, 5.74) is -0.282. The van der Waals surface area contributed by atoms with Gasteiger partial charge in [0.1, 0.15) is 5.69 Å². The van der Waals surface area contributed by atoms with E-state index < -0.39 is 6.43 Å². The van der Waals surface area contributed by atoms with Crippen molar-refractivity contribution in [3.05, 3.63) is 22.3 Å². The zero-order chi connectivity index (χ0) is 9.14. The van der Waals surface area contributed by atoms with E-state index >= 15 is 0 Å². The van der Waals surface area contributed by atoms with Gasteiger partial charge in [0.15, 0.2) is 0 Å². The largest absolute Gasteiger partial charge is 0.480 e. The number of ether oxygens (including phenoxy) is 1. The molecule has 0 fully saturated rings. The lowest BCUT2D eigenvalue weighted by atomic mass is 10.3. The minimum atomic E-state index is -2.56. The number of halogens is 3. The first-order chi connectivity index (χ1) is 5.65. The summed E-state index contributed by atoms with van der Waals surface area (Å²) in [6.07, 6.45) is -2.56. The Balaban J connectivity index is 3.05. The van der Waals surface area contributed by atoms with E-state index in [9.17, 15) is 8.78 Å². The Morgan fingerprint density at radius 3 is 2.67 bits per heavy atom. The number of aromatic nitrogens is 1. The maximum atomic E-state index is 12.1. The monoisotopic (exact) mass is 237 g/mol. The Bertz CT molecular complexity index is 280. The number of nitrogens with zero attached hydrogens (tertiary/aromatic N) is 1. The molecular formula is C7H6BrF2NO. The third-order valence-electron chi connectivity index (χ3n) is 1.25. The fraction of sp³-hybridized carbons (Fsp3) is 0.286. The van der Waals surface area contributed by atoms with Crippen molar-refractivity contribution in [3.63, 3.8) is 0 Å². The third-order valence-corrected chi connectivity index (χ3v) is 1.86. The number of rotatable bonds is 2. The molecule has 1 aromatic heterocycles. The molecule has 1 heterocycles. The van der Waals surface area contributed by atoms with E-state index in [1.807, 2.05) is 0 Å². The topological polar surface area (TPSA) is 22.1 Å². The molecule has 0 aromatic carbocycles. The standard InChI is InChI=1S/C7H6BrF2NO/c1-12-7-4(8)2-3-5(11-7)6(9)10/h2-3,6H,1H3. The minimum Gasteiger partial charge on any atom is -0.480 e. The molecule has 0 aliphatic carbocycles. The van der Waals surface area contributed by atoms with Crippen LogP contribution in [0.15, 0.2) is 16.6 Å². The van der Waals surface area contributed by atoms with E-state index in [0.29, 0.717) is 4.47 Å². The lowest BCUT2D eigenvalue weighted by Crippen LogP contribution is -1.94. The van der Waals surface area contributed by atoms with Crippen molar-refractivity contribution in [2.45, 2.75) is 6.43 Å². The second-order valence-electron chi connectivity index (χ2n) is 2.03. The molecule has 1 aromatic rings. The molecule has 0 aliphatic rings. The Morgan fingerprint density at radius 1 is 1.50 bits per heavy atom. The molecule has 0 bridgehead atoms. The van der Waals surface area contributed by atoms with Crippen LogP contribution in [0.5, 0.6) is 5.88 Å². The van der Waals surface area contributed by atoms with Gasteiger partial charge < -0.3 is 4.74 Å². The average molecular weight is 238 g/mol. The normalized spacial score (nSPS) is 10.4. The molecule has 0 radical (unpaired) electrons. The van der Waals surface area contributed by atoms with Crippen molar-refractivity contribution < 1.29 is 13.5 Å². The van der Waals surface area contributed by atoms with Gasteiger partial charge in [-0.3, -0.25) is 0 Å². The summed E-state index contributed by atoms with van der Waals surface area (Å²) >= 11 is 3.11. The summed E-state index contributed by atoms with van der Waals surface area (Å²) in [5, 5.41) is 0. The summed E-state index contributed by atoms with van der Waals surface area (Å²) in [4.78, 5) is 3.57. The third kappa shape index (κ3) is 1.91. The van der Waals surface area contributed by atoms with Crippen molar-refractivity contribution in [3.8, 4) is 5.88 Å². The highest BCUT2D eigenvalue weighted by molar-refractivity contribution is 9.10. The lowest BCUT2D eigenvalue weighted by Gasteiger charge is -2.03. The smallest absolute Gasteiger partial charge is 0.280 e. The Morgan fingerprint density at radius 2 is 2.17 bits per heavy atom. The zero-order valence-corrected chi connectivity index (χ0v) is 7.81. The molecule has 0 spiro atoms. The van der Waals surface area contributed by atoms with Gasteiger partial charge in [-0.1, -0.05) is 0 Å². The second kappa shape index (κ2) is 3.80. The van der Waals surface area contributed by atoms with Crippen LogP contribution in [0.1, 0.15) is 12.1 Å². The molecule has 1 rings (SSSR count). The highest BCUT2D eigenvalue weighted by Gasteiger charge is 2.11. The lowest BCUT2D eigenvalue weighted by molar-refractivity contribution is 0.145. The fourth-order valence-electron chi connectivity index (χ4n) is 0.702. The van der Waals surface area contributed by atoms with Crippen molar-refractivity contribution in [2.24, 2.45) is 0 Å². The van der Waals surface area contributed by atoms with Gasteiger partial charge in [0.25, 0.3) is 6.43 Å². The highest BCUT2D eigenvalue weighted by atomic mass is 79.9. The molecule has 0 aliphatic heterocycles. The average Bonchev–Trinajstić information content (AvgIpc) is 2.05. The number of methoxy groups -OCH3 is 1. The Labute approximate surface area is 76.7 Å². The molecule has 0 atom stereocenters.